The summed E-state index contributed by atoms with van der Waals surface area (Å²) in [6, 6.07) is 5.63. The molecule has 0 bridgehead atoms. The van der Waals surface area contributed by atoms with E-state index in [1.807, 2.05) is 18.2 Å². The van der Waals surface area contributed by atoms with Gasteiger partial charge in [-0.05, 0) is 37.0 Å². The molecule has 0 aromatic heterocycles. The van der Waals surface area contributed by atoms with Crippen molar-refractivity contribution < 1.29 is 9.53 Å². The van der Waals surface area contributed by atoms with E-state index in [4.69, 9.17) is 4.74 Å². The SMILES string of the molecule is COc1cc(Br)ccc1C(=O)C1CCCC(C)C1. The fourth-order valence-corrected chi connectivity index (χ4v) is 3.10. The van der Waals surface area contributed by atoms with E-state index in [0.717, 1.165) is 29.3 Å². The number of hydrogen-bond acceptors (Lipinski definition) is 2. The summed E-state index contributed by atoms with van der Waals surface area (Å²) in [5.74, 6) is 1.75. The first-order valence-corrected chi connectivity index (χ1v) is 7.29. The van der Waals surface area contributed by atoms with Crippen LogP contribution in [0.5, 0.6) is 5.75 Å². The summed E-state index contributed by atoms with van der Waals surface area (Å²) in [5.41, 5.74) is 0.722. The van der Waals surface area contributed by atoms with Gasteiger partial charge in [0.25, 0.3) is 0 Å². The predicted octanol–water partition coefficient (Wildman–Crippen LogP) is 4.47. The molecule has 0 aliphatic heterocycles. The average Bonchev–Trinajstić information content (AvgIpc) is 2.37. The van der Waals surface area contributed by atoms with Crippen LogP contribution in [0, 0.1) is 11.8 Å². The summed E-state index contributed by atoms with van der Waals surface area (Å²) in [5, 5.41) is 0. The van der Waals surface area contributed by atoms with Gasteiger partial charge >= 0.3 is 0 Å². The van der Waals surface area contributed by atoms with Gasteiger partial charge in [0.05, 0.1) is 12.7 Å². The zero-order chi connectivity index (χ0) is 13.1. The van der Waals surface area contributed by atoms with Gasteiger partial charge in [0.15, 0.2) is 5.78 Å². The minimum atomic E-state index is 0.170. The fraction of sp³-hybridized carbons (Fsp3) is 0.533. The molecule has 0 saturated heterocycles. The molecule has 2 rings (SSSR count). The Morgan fingerprint density at radius 3 is 2.83 bits per heavy atom. The summed E-state index contributed by atoms with van der Waals surface area (Å²) >= 11 is 3.40. The molecule has 2 unspecified atom stereocenters. The molecule has 0 amide bonds. The minimum absolute atomic E-state index is 0.170. The molecule has 1 aliphatic rings. The highest BCUT2D eigenvalue weighted by Gasteiger charge is 2.27. The van der Waals surface area contributed by atoms with E-state index in [0.29, 0.717) is 11.7 Å². The normalized spacial score (nSPS) is 23.7. The summed E-state index contributed by atoms with van der Waals surface area (Å²) < 4.78 is 6.25. The van der Waals surface area contributed by atoms with E-state index < -0.39 is 0 Å². The van der Waals surface area contributed by atoms with Gasteiger partial charge < -0.3 is 4.74 Å². The van der Waals surface area contributed by atoms with Crippen LogP contribution in [0.25, 0.3) is 0 Å². The number of hydrogen-bond donors (Lipinski definition) is 0. The van der Waals surface area contributed by atoms with Gasteiger partial charge in [-0.2, -0.15) is 0 Å². The van der Waals surface area contributed by atoms with Crippen molar-refractivity contribution in [2.75, 3.05) is 7.11 Å². The number of carbonyl (C=O) groups is 1. The van der Waals surface area contributed by atoms with E-state index in [1.165, 1.54) is 6.42 Å². The molecule has 98 valence electrons. The fourth-order valence-electron chi connectivity index (χ4n) is 2.76. The van der Waals surface area contributed by atoms with Gasteiger partial charge in [0, 0.05) is 10.4 Å². The number of Topliss-reactive ketones (excluding diaryl/α,β-unsaturated/α-hetero) is 1. The molecule has 18 heavy (non-hydrogen) atoms. The molecular formula is C15H19BrO2. The van der Waals surface area contributed by atoms with E-state index in [9.17, 15) is 4.79 Å². The first-order chi connectivity index (χ1) is 8.61. The molecule has 3 heteroatoms. The lowest BCUT2D eigenvalue weighted by atomic mass is 9.78. The van der Waals surface area contributed by atoms with Gasteiger partial charge in [-0.3, -0.25) is 4.79 Å². The van der Waals surface area contributed by atoms with Crippen molar-refractivity contribution in [1.29, 1.82) is 0 Å². The minimum Gasteiger partial charge on any atom is -0.496 e. The largest absolute Gasteiger partial charge is 0.496 e. The van der Waals surface area contributed by atoms with Crippen molar-refractivity contribution in [3.63, 3.8) is 0 Å². The average molecular weight is 311 g/mol. The molecule has 2 atom stereocenters. The lowest BCUT2D eigenvalue weighted by molar-refractivity contribution is 0.0865. The van der Waals surface area contributed by atoms with Gasteiger partial charge in [-0.25, -0.2) is 0 Å². The highest BCUT2D eigenvalue weighted by Crippen LogP contribution is 2.33. The smallest absolute Gasteiger partial charge is 0.169 e. The van der Waals surface area contributed by atoms with Gasteiger partial charge in [-0.15, -0.1) is 0 Å². The second-order valence-electron chi connectivity index (χ2n) is 5.18. The Morgan fingerprint density at radius 1 is 1.39 bits per heavy atom. The lowest BCUT2D eigenvalue weighted by Gasteiger charge is -2.26. The molecule has 1 aromatic rings. The maximum Gasteiger partial charge on any atom is 0.169 e. The van der Waals surface area contributed by atoms with Crippen LogP contribution in [-0.2, 0) is 0 Å². The van der Waals surface area contributed by atoms with Crippen molar-refractivity contribution >= 4 is 21.7 Å². The molecular weight excluding hydrogens is 292 g/mol. The Balaban J connectivity index is 2.22. The topological polar surface area (TPSA) is 26.3 Å². The molecule has 1 saturated carbocycles. The zero-order valence-electron chi connectivity index (χ0n) is 10.9. The van der Waals surface area contributed by atoms with Crippen LogP contribution in [0.1, 0.15) is 43.0 Å². The third kappa shape index (κ3) is 2.94. The Labute approximate surface area is 117 Å². The maximum absolute atomic E-state index is 12.5. The number of ketones is 1. The van der Waals surface area contributed by atoms with Crippen molar-refractivity contribution in [2.24, 2.45) is 11.8 Å². The predicted molar refractivity (Wildman–Crippen MR) is 76.1 cm³/mol. The molecule has 0 N–H and O–H groups in total. The van der Waals surface area contributed by atoms with Gasteiger partial charge in [0.1, 0.15) is 5.75 Å². The van der Waals surface area contributed by atoms with E-state index in [1.54, 1.807) is 7.11 Å². The molecule has 1 fully saturated rings. The first kappa shape index (κ1) is 13.6. The zero-order valence-corrected chi connectivity index (χ0v) is 12.5. The number of methoxy groups -OCH3 is 1. The van der Waals surface area contributed by atoms with E-state index in [-0.39, 0.29) is 11.7 Å². The Kier molecular flexibility index (Phi) is 4.44. The number of benzene rings is 1. The van der Waals surface area contributed by atoms with Crippen molar-refractivity contribution in [2.45, 2.75) is 32.6 Å². The van der Waals surface area contributed by atoms with Crippen LogP contribution in [0.2, 0.25) is 0 Å². The van der Waals surface area contributed by atoms with Gasteiger partial charge in [-0.1, -0.05) is 35.7 Å². The third-order valence-electron chi connectivity index (χ3n) is 3.74. The summed E-state index contributed by atoms with van der Waals surface area (Å²) in [6.45, 7) is 2.23. The van der Waals surface area contributed by atoms with Crippen LogP contribution >= 0.6 is 15.9 Å². The Bertz CT molecular complexity index is 442. The quantitative estimate of drug-likeness (QED) is 0.770. The molecule has 0 heterocycles. The number of halogens is 1. The number of rotatable bonds is 3. The second kappa shape index (κ2) is 5.87. The lowest BCUT2D eigenvalue weighted by Crippen LogP contribution is -2.22. The van der Waals surface area contributed by atoms with Gasteiger partial charge in [0.2, 0.25) is 0 Å². The van der Waals surface area contributed by atoms with Crippen LogP contribution in [0.4, 0.5) is 0 Å². The Hall–Kier alpha value is -0.830. The highest BCUT2D eigenvalue weighted by molar-refractivity contribution is 9.10. The summed E-state index contributed by atoms with van der Waals surface area (Å²) in [4.78, 5) is 12.5. The number of carbonyl (C=O) groups excluding carboxylic acids is 1. The standard InChI is InChI=1S/C15H19BrO2/c1-10-4-3-5-11(8-10)15(17)13-7-6-12(16)9-14(13)18-2/h6-7,9-11H,3-5,8H2,1-2H3. The van der Waals surface area contributed by atoms with Crippen LogP contribution in [0.15, 0.2) is 22.7 Å². The van der Waals surface area contributed by atoms with Crippen LogP contribution in [-0.4, -0.2) is 12.9 Å². The molecule has 0 spiro atoms. The third-order valence-corrected chi connectivity index (χ3v) is 4.23. The van der Waals surface area contributed by atoms with E-state index >= 15 is 0 Å². The highest BCUT2D eigenvalue weighted by atomic mass is 79.9. The maximum atomic E-state index is 12.5. The van der Waals surface area contributed by atoms with Crippen molar-refractivity contribution in [3.05, 3.63) is 28.2 Å². The summed E-state index contributed by atoms with van der Waals surface area (Å²) in [7, 11) is 1.61. The molecule has 0 radical (unpaired) electrons. The second-order valence-corrected chi connectivity index (χ2v) is 6.09. The Morgan fingerprint density at radius 2 is 2.17 bits per heavy atom. The first-order valence-electron chi connectivity index (χ1n) is 6.49. The van der Waals surface area contributed by atoms with Crippen LogP contribution in [0.3, 0.4) is 0 Å². The monoisotopic (exact) mass is 310 g/mol. The van der Waals surface area contributed by atoms with Crippen molar-refractivity contribution in [3.8, 4) is 5.75 Å². The van der Waals surface area contributed by atoms with E-state index in [2.05, 4.69) is 22.9 Å². The number of ether oxygens (including phenoxy) is 1. The van der Waals surface area contributed by atoms with Crippen molar-refractivity contribution in [1.82, 2.24) is 0 Å². The molecule has 1 aromatic carbocycles. The molecule has 1 aliphatic carbocycles. The molecule has 2 nitrogen and oxygen atoms in total. The summed E-state index contributed by atoms with van der Waals surface area (Å²) in [6.07, 6.45) is 4.44. The van der Waals surface area contributed by atoms with Crippen LogP contribution < -0.4 is 4.74 Å².